The van der Waals surface area contributed by atoms with E-state index < -0.39 is 11.7 Å². The Kier molecular flexibility index (Phi) is 5.87. The Morgan fingerprint density at radius 3 is 2.54 bits per heavy atom. The average Bonchev–Trinajstić information content (AvgIpc) is 3.03. The Labute approximate surface area is 162 Å². The highest BCUT2D eigenvalue weighted by atomic mass is 35.5. The van der Waals surface area contributed by atoms with E-state index in [-0.39, 0.29) is 12.1 Å². The van der Waals surface area contributed by atoms with E-state index in [2.05, 4.69) is 10.3 Å². The van der Waals surface area contributed by atoms with Gasteiger partial charge in [0, 0.05) is 29.9 Å². The molecule has 0 bridgehead atoms. The van der Waals surface area contributed by atoms with Crippen molar-refractivity contribution in [3.8, 4) is 10.4 Å². The fourth-order valence-electron chi connectivity index (χ4n) is 2.46. The van der Waals surface area contributed by atoms with Crippen LogP contribution in [-0.2, 0) is 19.3 Å². The van der Waals surface area contributed by atoms with Crippen molar-refractivity contribution in [2.24, 2.45) is 0 Å². The van der Waals surface area contributed by atoms with Crippen molar-refractivity contribution in [2.75, 3.05) is 0 Å². The van der Waals surface area contributed by atoms with Gasteiger partial charge in [-0.05, 0) is 23.8 Å². The number of thiazole rings is 1. The van der Waals surface area contributed by atoms with Gasteiger partial charge in [-0.15, -0.1) is 11.3 Å². The molecule has 2 nitrogen and oxygen atoms in total. The molecule has 8 heteroatoms. The highest BCUT2D eigenvalue weighted by Crippen LogP contribution is 2.34. The number of benzene rings is 2. The number of hydrogen-bond donors (Lipinski definition) is 1. The van der Waals surface area contributed by atoms with Gasteiger partial charge in [-0.25, -0.2) is 4.98 Å². The second kappa shape index (κ2) is 7.96. The van der Waals surface area contributed by atoms with Gasteiger partial charge in [-0.2, -0.15) is 13.2 Å². The summed E-state index contributed by atoms with van der Waals surface area (Å²) in [6.45, 7) is 0.467. The summed E-state index contributed by atoms with van der Waals surface area (Å²) in [5, 5.41) is 4.85. The topological polar surface area (TPSA) is 24.9 Å². The number of nitrogens with one attached hydrogen (secondary N) is 1. The zero-order valence-electron chi connectivity index (χ0n) is 13.3. The highest BCUT2D eigenvalue weighted by molar-refractivity contribution is 7.15. The molecular formula is C18H13Cl2F3N2S. The van der Waals surface area contributed by atoms with Crippen LogP contribution < -0.4 is 5.32 Å². The molecule has 0 atom stereocenters. The number of hydrogen-bond acceptors (Lipinski definition) is 3. The molecule has 1 heterocycles. The summed E-state index contributed by atoms with van der Waals surface area (Å²) in [6, 6.07) is 10.7. The predicted molar refractivity (Wildman–Crippen MR) is 99.6 cm³/mol. The Balaban J connectivity index is 1.66. The maximum Gasteiger partial charge on any atom is 0.416 e. The van der Waals surface area contributed by atoms with Gasteiger partial charge in [0.2, 0.25) is 0 Å². The number of nitrogens with zero attached hydrogens (tertiary/aromatic N) is 1. The van der Waals surface area contributed by atoms with Gasteiger partial charge in [0.1, 0.15) is 5.01 Å². The Morgan fingerprint density at radius 2 is 1.81 bits per heavy atom. The van der Waals surface area contributed by atoms with Crippen LogP contribution in [0.4, 0.5) is 13.2 Å². The fourth-order valence-corrected chi connectivity index (χ4v) is 3.95. The van der Waals surface area contributed by atoms with E-state index in [9.17, 15) is 13.2 Å². The van der Waals surface area contributed by atoms with Crippen LogP contribution in [0.1, 0.15) is 16.1 Å². The monoisotopic (exact) mass is 416 g/mol. The molecule has 0 spiro atoms. The molecule has 1 N–H and O–H groups in total. The minimum atomic E-state index is -4.36. The lowest BCUT2D eigenvalue weighted by Crippen LogP contribution is -2.17. The number of halogens is 5. The van der Waals surface area contributed by atoms with Crippen molar-refractivity contribution >= 4 is 34.5 Å². The van der Waals surface area contributed by atoms with Gasteiger partial charge in [-0.3, -0.25) is 0 Å². The van der Waals surface area contributed by atoms with Crippen molar-refractivity contribution in [3.05, 3.63) is 74.8 Å². The van der Waals surface area contributed by atoms with E-state index >= 15 is 0 Å². The van der Waals surface area contributed by atoms with E-state index in [0.717, 1.165) is 21.5 Å². The first-order chi connectivity index (χ1) is 12.3. The number of rotatable bonds is 5. The van der Waals surface area contributed by atoms with Crippen LogP contribution in [0.25, 0.3) is 10.4 Å². The second-order valence-electron chi connectivity index (χ2n) is 5.50. The molecular weight excluding hydrogens is 404 g/mol. The van der Waals surface area contributed by atoms with Crippen molar-refractivity contribution in [1.29, 1.82) is 0 Å². The first kappa shape index (κ1) is 19.2. The molecule has 0 saturated heterocycles. The van der Waals surface area contributed by atoms with Crippen LogP contribution in [-0.4, -0.2) is 4.98 Å². The molecule has 0 aliphatic heterocycles. The normalized spacial score (nSPS) is 11.7. The zero-order valence-corrected chi connectivity index (χ0v) is 15.6. The van der Waals surface area contributed by atoms with Crippen molar-refractivity contribution in [3.63, 3.8) is 0 Å². The molecule has 1 aromatic heterocycles. The van der Waals surface area contributed by atoms with Crippen LogP contribution in [0.3, 0.4) is 0 Å². The van der Waals surface area contributed by atoms with Gasteiger partial charge in [0.15, 0.2) is 0 Å². The fraction of sp³-hybridized carbons (Fsp3) is 0.167. The molecule has 0 unspecified atom stereocenters. The molecule has 0 amide bonds. The quantitative estimate of drug-likeness (QED) is 0.518. The van der Waals surface area contributed by atoms with E-state index in [1.807, 2.05) is 6.07 Å². The number of alkyl halides is 3. The van der Waals surface area contributed by atoms with Gasteiger partial charge in [0.05, 0.1) is 15.5 Å². The second-order valence-corrected chi connectivity index (χ2v) is 7.46. The van der Waals surface area contributed by atoms with Gasteiger partial charge in [-0.1, -0.05) is 47.5 Å². The largest absolute Gasteiger partial charge is 0.416 e. The van der Waals surface area contributed by atoms with E-state index in [1.165, 1.54) is 23.5 Å². The molecule has 2 aromatic carbocycles. The predicted octanol–water partition coefficient (Wildman–Crippen LogP) is 6.43. The first-order valence-corrected chi connectivity index (χ1v) is 9.18. The van der Waals surface area contributed by atoms with Crippen LogP contribution in [0.5, 0.6) is 0 Å². The third kappa shape index (κ3) is 4.57. The van der Waals surface area contributed by atoms with Crippen LogP contribution in [0, 0.1) is 0 Å². The van der Waals surface area contributed by atoms with Crippen molar-refractivity contribution in [2.45, 2.75) is 19.3 Å². The summed E-state index contributed by atoms with van der Waals surface area (Å²) in [5.74, 6) is 0. The van der Waals surface area contributed by atoms with Crippen LogP contribution in [0.15, 0.2) is 48.7 Å². The van der Waals surface area contributed by atoms with Crippen LogP contribution in [0.2, 0.25) is 10.0 Å². The lowest BCUT2D eigenvalue weighted by Gasteiger charge is -2.12. The molecule has 3 aromatic rings. The lowest BCUT2D eigenvalue weighted by molar-refractivity contribution is -0.138. The third-order valence-electron chi connectivity index (χ3n) is 3.66. The molecule has 26 heavy (non-hydrogen) atoms. The maximum absolute atomic E-state index is 13.0. The van der Waals surface area contributed by atoms with Gasteiger partial charge >= 0.3 is 6.18 Å². The lowest BCUT2D eigenvalue weighted by atomic mass is 10.1. The molecule has 0 aliphatic rings. The minimum Gasteiger partial charge on any atom is -0.306 e. The van der Waals surface area contributed by atoms with Crippen molar-refractivity contribution in [1.82, 2.24) is 10.3 Å². The standard InChI is InChI=1S/C18H13Cl2F3N2S/c19-12-5-6-13(15(20)7-12)16-9-25-17(26-16)10-24-8-11-3-1-2-4-14(11)18(21,22)23/h1-7,9,24H,8,10H2. The van der Waals surface area contributed by atoms with E-state index in [0.29, 0.717) is 16.6 Å². The molecule has 0 saturated carbocycles. The summed E-state index contributed by atoms with van der Waals surface area (Å²) >= 11 is 13.5. The molecule has 0 fully saturated rings. The smallest absolute Gasteiger partial charge is 0.306 e. The maximum atomic E-state index is 13.0. The molecule has 136 valence electrons. The minimum absolute atomic E-state index is 0.103. The third-order valence-corrected chi connectivity index (χ3v) is 5.24. The van der Waals surface area contributed by atoms with E-state index in [4.69, 9.17) is 23.2 Å². The summed E-state index contributed by atoms with van der Waals surface area (Å²) < 4.78 is 39.0. The summed E-state index contributed by atoms with van der Waals surface area (Å²) in [6.07, 6.45) is -2.67. The summed E-state index contributed by atoms with van der Waals surface area (Å²) in [4.78, 5) is 5.17. The molecule has 0 aliphatic carbocycles. The first-order valence-electron chi connectivity index (χ1n) is 7.60. The Hall–Kier alpha value is -1.60. The summed E-state index contributed by atoms with van der Waals surface area (Å²) in [5.41, 5.74) is 0.403. The van der Waals surface area contributed by atoms with Crippen LogP contribution >= 0.6 is 34.5 Å². The average molecular weight is 417 g/mol. The summed E-state index contributed by atoms with van der Waals surface area (Å²) in [7, 11) is 0. The number of aromatic nitrogens is 1. The zero-order chi connectivity index (χ0) is 18.7. The molecule has 3 rings (SSSR count). The Bertz CT molecular complexity index is 909. The SMILES string of the molecule is FC(F)(F)c1ccccc1CNCc1ncc(-c2ccc(Cl)cc2Cl)s1. The highest BCUT2D eigenvalue weighted by Gasteiger charge is 2.32. The molecule has 0 radical (unpaired) electrons. The van der Waals surface area contributed by atoms with Gasteiger partial charge < -0.3 is 5.32 Å². The Morgan fingerprint density at radius 1 is 1.04 bits per heavy atom. The van der Waals surface area contributed by atoms with Crippen molar-refractivity contribution < 1.29 is 13.2 Å². The van der Waals surface area contributed by atoms with E-state index in [1.54, 1.807) is 24.4 Å². The van der Waals surface area contributed by atoms with Gasteiger partial charge in [0.25, 0.3) is 0 Å².